The lowest BCUT2D eigenvalue weighted by Crippen LogP contribution is -2.50. The van der Waals surface area contributed by atoms with Crippen molar-refractivity contribution < 1.29 is 14.3 Å². The average molecular weight is 347 g/mol. The van der Waals surface area contributed by atoms with E-state index in [4.69, 9.17) is 9.47 Å². The molecule has 0 unspecified atom stereocenters. The van der Waals surface area contributed by atoms with Crippen LogP contribution in [-0.4, -0.2) is 61.8 Å². The van der Waals surface area contributed by atoms with Gasteiger partial charge in [-0.2, -0.15) is 0 Å². The second kappa shape index (κ2) is 9.06. The molecule has 0 aliphatic carbocycles. The molecule has 6 nitrogen and oxygen atoms in total. The molecule has 2 aliphatic heterocycles. The molecule has 138 valence electrons. The van der Waals surface area contributed by atoms with Gasteiger partial charge >= 0.3 is 0 Å². The maximum absolute atomic E-state index is 12.2. The van der Waals surface area contributed by atoms with Crippen LogP contribution in [-0.2, 0) is 11.3 Å². The van der Waals surface area contributed by atoms with Crippen molar-refractivity contribution >= 4 is 5.91 Å². The Balaban J connectivity index is 1.37. The number of hydrogen-bond acceptors (Lipinski definition) is 5. The summed E-state index contributed by atoms with van der Waals surface area (Å²) in [7, 11) is 0. The number of amides is 1. The third-order valence-electron chi connectivity index (χ3n) is 4.80. The normalized spacial score (nSPS) is 17.1. The second-order valence-electron chi connectivity index (χ2n) is 6.73. The minimum absolute atomic E-state index is 0.222. The fourth-order valence-corrected chi connectivity index (χ4v) is 3.26. The summed E-state index contributed by atoms with van der Waals surface area (Å²) in [5.74, 6) is 1.88. The zero-order valence-corrected chi connectivity index (χ0v) is 15.1. The number of carbonyl (C=O) groups is 1. The smallest absolute Gasteiger partial charge is 0.236 e. The Morgan fingerprint density at radius 3 is 2.72 bits per heavy atom. The van der Waals surface area contributed by atoms with Crippen LogP contribution in [0.25, 0.3) is 0 Å². The van der Waals surface area contributed by atoms with Gasteiger partial charge in [0.2, 0.25) is 12.7 Å². The van der Waals surface area contributed by atoms with Crippen LogP contribution in [0.5, 0.6) is 11.5 Å². The van der Waals surface area contributed by atoms with Crippen LogP contribution in [0.3, 0.4) is 0 Å². The zero-order valence-electron chi connectivity index (χ0n) is 15.1. The maximum atomic E-state index is 12.2. The summed E-state index contributed by atoms with van der Waals surface area (Å²) < 4.78 is 10.8. The molecular weight excluding hydrogens is 318 g/mol. The molecule has 0 spiro atoms. The van der Waals surface area contributed by atoms with Gasteiger partial charge in [-0.05, 0) is 30.7 Å². The molecular formula is C19H29N3O3. The van der Waals surface area contributed by atoms with Crippen LogP contribution in [0.15, 0.2) is 18.2 Å². The van der Waals surface area contributed by atoms with Gasteiger partial charge in [0, 0.05) is 32.7 Å². The van der Waals surface area contributed by atoms with E-state index in [-0.39, 0.29) is 5.91 Å². The molecule has 1 fully saturated rings. The van der Waals surface area contributed by atoms with E-state index in [0.29, 0.717) is 13.3 Å². The van der Waals surface area contributed by atoms with E-state index in [1.54, 1.807) is 0 Å². The second-order valence-corrected chi connectivity index (χ2v) is 6.73. The van der Waals surface area contributed by atoms with Gasteiger partial charge in [-0.1, -0.05) is 25.8 Å². The number of fused-ring (bicyclic) bond motifs is 1. The Morgan fingerprint density at radius 2 is 1.92 bits per heavy atom. The van der Waals surface area contributed by atoms with Crippen LogP contribution >= 0.6 is 0 Å². The molecule has 0 radical (unpaired) electrons. The molecule has 1 aromatic rings. The van der Waals surface area contributed by atoms with Crippen molar-refractivity contribution in [1.29, 1.82) is 0 Å². The maximum Gasteiger partial charge on any atom is 0.236 e. The van der Waals surface area contributed by atoms with Crippen LogP contribution in [0, 0.1) is 0 Å². The number of benzene rings is 1. The molecule has 0 atom stereocenters. The number of carbonyl (C=O) groups excluding carboxylic acids is 1. The third kappa shape index (κ3) is 5.09. The van der Waals surface area contributed by atoms with Crippen molar-refractivity contribution in [2.75, 3.05) is 46.1 Å². The van der Waals surface area contributed by atoms with E-state index in [9.17, 15) is 4.79 Å². The molecule has 1 saturated heterocycles. The summed E-state index contributed by atoms with van der Waals surface area (Å²) in [6.07, 6.45) is 3.58. The minimum Gasteiger partial charge on any atom is -0.454 e. The first kappa shape index (κ1) is 18.0. The van der Waals surface area contributed by atoms with Crippen molar-refractivity contribution in [3.05, 3.63) is 23.8 Å². The molecule has 1 N–H and O–H groups in total. The van der Waals surface area contributed by atoms with E-state index in [2.05, 4.69) is 29.3 Å². The largest absolute Gasteiger partial charge is 0.454 e. The highest BCUT2D eigenvalue weighted by Gasteiger charge is 2.21. The monoisotopic (exact) mass is 347 g/mol. The van der Waals surface area contributed by atoms with Gasteiger partial charge in [-0.15, -0.1) is 0 Å². The van der Waals surface area contributed by atoms with E-state index in [1.165, 1.54) is 18.4 Å². The van der Waals surface area contributed by atoms with Crippen LogP contribution in [0.2, 0.25) is 0 Å². The van der Waals surface area contributed by atoms with Gasteiger partial charge in [-0.25, -0.2) is 0 Å². The van der Waals surface area contributed by atoms with Crippen LogP contribution in [0.4, 0.5) is 0 Å². The molecule has 25 heavy (non-hydrogen) atoms. The van der Waals surface area contributed by atoms with E-state index in [0.717, 1.165) is 57.2 Å². The lowest BCUT2D eigenvalue weighted by molar-refractivity contribution is -0.132. The van der Waals surface area contributed by atoms with E-state index in [1.807, 2.05) is 11.0 Å². The Labute approximate surface area is 150 Å². The summed E-state index contributed by atoms with van der Waals surface area (Å²) >= 11 is 0. The van der Waals surface area contributed by atoms with Crippen molar-refractivity contribution in [3.8, 4) is 11.5 Å². The molecule has 0 bridgehead atoms. The summed E-state index contributed by atoms with van der Waals surface area (Å²) in [5, 5.41) is 3.26. The fraction of sp³-hybridized carbons (Fsp3) is 0.632. The first-order valence-corrected chi connectivity index (χ1v) is 9.35. The predicted molar refractivity (Wildman–Crippen MR) is 96.8 cm³/mol. The Morgan fingerprint density at radius 1 is 1.12 bits per heavy atom. The van der Waals surface area contributed by atoms with Crippen LogP contribution in [0.1, 0.15) is 31.7 Å². The molecule has 0 aromatic heterocycles. The highest BCUT2D eigenvalue weighted by molar-refractivity contribution is 5.78. The zero-order chi connectivity index (χ0) is 17.5. The predicted octanol–water partition coefficient (Wildman–Crippen LogP) is 1.84. The van der Waals surface area contributed by atoms with Gasteiger partial charge < -0.3 is 19.7 Å². The number of rotatable bonds is 8. The molecule has 1 amide bonds. The van der Waals surface area contributed by atoms with Gasteiger partial charge in [0.1, 0.15) is 0 Å². The first-order chi connectivity index (χ1) is 12.3. The highest BCUT2D eigenvalue weighted by Crippen LogP contribution is 2.32. The number of hydrogen-bond donors (Lipinski definition) is 1. The summed E-state index contributed by atoms with van der Waals surface area (Å²) in [6.45, 7) is 8.22. The first-order valence-electron chi connectivity index (χ1n) is 9.35. The van der Waals surface area contributed by atoms with E-state index < -0.39 is 0 Å². The Hall–Kier alpha value is -1.79. The van der Waals surface area contributed by atoms with Gasteiger partial charge in [0.05, 0.1) is 6.54 Å². The molecule has 3 rings (SSSR count). The lowest BCUT2D eigenvalue weighted by Gasteiger charge is -2.34. The van der Waals surface area contributed by atoms with Crippen molar-refractivity contribution in [3.63, 3.8) is 0 Å². The van der Waals surface area contributed by atoms with Gasteiger partial charge in [0.25, 0.3) is 0 Å². The molecule has 1 aromatic carbocycles. The third-order valence-corrected chi connectivity index (χ3v) is 4.80. The van der Waals surface area contributed by atoms with Crippen molar-refractivity contribution in [1.82, 2.24) is 15.1 Å². The van der Waals surface area contributed by atoms with Crippen molar-refractivity contribution in [2.45, 2.75) is 32.7 Å². The Bertz CT molecular complexity index is 571. The van der Waals surface area contributed by atoms with Crippen molar-refractivity contribution in [2.24, 2.45) is 0 Å². The summed E-state index contributed by atoms with van der Waals surface area (Å²) in [5.41, 5.74) is 1.22. The molecule has 0 saturated carbocycles. The quantitative estimate of drug-likeness (QED) is 0.727. The Kier molecular flexibility index (Phi) is 6.53. The fourth-order valence-electron chi connectivity index (χ4n) is 3.26. The SMILES string of the molecule is CCCCCNCC(=O)N1CCN(Cc2ccc3c(c2)OCO3)CC1. The minimum atomic E-state index is 0.222. The highest BCUT2D eigenvalue weighted by atomic mass is 16.7. The number of ether oxygens (including phenoxy) is 2. The summed E-state index contributed by atoms with van der Waals surface area (Å²) in [4.78, 5) is 16.6. The van der Waals surface area contributed by atoms with Gasteiger partial charge in [-0.3, -0.25) is 9.69 Å². The average Bonchev–Trinajstić information content (AvgIpc) is 3.10. The standard InChI is InChI=1S/C19H29N3O3/c1-2-3-4-7-20-13-19(23)22-10-8-21(9-11-22)14-16-5-6-17-18(12-16)25-15-24-17/h5-6,12,20H,2-4,7-11,13-15H2,1H3. The number of nitrogens with one attached hydrogen (secondary N) is 1. The topological polar surface area (TPSA) is 54.0 Å². The molecule has 6 heteroatoms. The summed E-state index contributed by atoms with van der Waals surface area (Å²) in [6, 6.07) is 6.12. The molecule has 2 aliphatic rings. The number of unbranched alkanes of at least 4 members (excludes halogenated alkanes) is 2. The lowest BCUT2D eigenvalue weighted by atomic mass is 10.1. The van der Waals surface area contributed by atoms with Crippen LogP contribution < -0.4 is 14.8 Å². The number of piperazine rings is 1. The molecule has 2 heterocycles. The van der Waals surface area contributed by atoms with Gasteiger partial charge in [0.15, 0.2) is 11.5 Å². The van der Waals surface area contributed by atoms with E-state index >= 15 is 0 Å². The number of nitrogens with zero attached hydrogens (tertiary/aromatic N) is 2.